The van der Waals surface area contributed by atoms with Gasteiger partial charge in [0, 0.05) is 31.7 Å². The second-order valence-electron chi connectivity index (χ2n) is 19.4. The first-order valence-corrected chi connectivity index (χ1v) is 20.1. The van der Waals surface area contributed by atoms with E-state index in [0.29, 0.717) is 32.5 Å². The van der Waals surface area contributed by atoms with E-state index in [0.717, 1.165) is 57.9 Å². The second-order valence-corrected chi connectivity index (χ2v) is 19.4. The van der Waals surface area contributed by atoms with Crippen LogP contribution < -0.4 is 21.7 Å². The molecule has 2 saturated heterocycles. The second kappa shape index (κ2) is 15.1. The minimum absolute atomic E-state index is 0.0276. The third-order valence-electron chi connectivity index (χ3n) is 14.3. The first-order chi connectivity index (χ1) is 24.6. The number of amides is 6. The summed E-state index contributed by atoms with van der Waals surface area (Å²) in [7, 11) is 2.10. The van der Waals surface area contributed by atoms with Gasteiger partial charge in [0.2, 0.25) is 23.5 Å². The van der Waals surface area contributed by atoms with Crippen LogP contribution in [0, 0.1) is 34.0 Å². The van der Waals surface area contributed by atoms with Crippen molar-refractivity contribution in [1.82, 2.24) is 30.7 Å². The summed E-state index contributed by atoms with van der Waals surface area (Å²) in [6, 6.07) is -4.39. The summed E-state index contributed by atoms with van der Waals surface area (Å²) in [5.41, 5.74) is 4.54. The van der Waals surface area contributed by atoms with Crippen LogP contribution in [-0.2, 0) is 24.0 Å². The lowest BCUT2D eigenvalue weighted by Crippen LogP contribution is -2.63. The Kier molecular flexibility index (Phi) is 11.7. The Morgan fingerprint density at radius 3 is 2.00 bits per heavy atom. The normalized spacial score (nSPS) is 25.8. The van der Waals surface area contributed by atoms with E-state index in [-0.39, 0.29) is 40.0 Å². The number of ketones is 1. The van der Waals surface area contributed by atoms with Gasteiger partial charge in [-0.1, -0.05) is 81.1 Å². The average Bonchev–Trinajstić information content (AvgIpc) is 3.66. The van der Waals surface area contributed by atoms with Crippen molar-refractivity contribution in [2.75, 3.05) is 33.2 Å². The minimum atomic E-state index is -1.09. The molecule has 6 amide bonds. The summed E-state index contributed by atoms with van der Waals surface area (Å²) in [4.78, 5) is 87.4. The zero-order valence-corrected chi connectivity index (χ0v) is 33.8. The quantitative estimate of drug-likeness (QED) is 0.210. The van der Waals surface area contributed by atoms with Crippen molar-refractivity contribution < 1.29 is 28.8 Å². The van der Waals surface area contributed by atoms with E-state index in [1.54, 1.807) is 4.90 Å². The molecule has 5 aliphatic rings. The zero-order valence-electron chi connectivity index (χ0n) is 33.8. The summed E-state index contributed by atoms with van der Waals surface area (Å²) in [5.74, 6) is -2.93. The molecule has 5 atom stereocenters. The third-order valence-corrected chi connectivity index (χ3v) is 14.3. The number of nitrogens with one attached hydrogen (secondary N) is 3. The number of rotatable bonds is 13. The Labute approximate surface area is 316 Å². The van der Waals surface area contributed by atoms with E-state index < -0.39 is 59.1 Å². The molecule has 5 rings (SSSR count). The maximum Gasteiger partial charge on any atom is 0.316 e. The number of nitrogens with two attached hydrogens (primary N) is 1. The van der Waals surface area contributed by atoms with Gasteiger partial charge in [0.1, 0.15) is 18.1 Å². The van der Waals surface area contributed by atoms with Gasteiger partial charge >= 0.3 is 6.03 Å². The zero-order chi connectivity index (χ0) is 39.3. The standard InChI is InChI=1S/C40H67N7O6/c1-24(2)29(34(51)46-19-18-45(9)40(23-46)16-17-40)43-36(53)44-31(37(3,4)5)35(52)47-22-26(38(6,7)39(8)14-11-15-39)21-28(47)33(50)42-27(30(48)32(41)49)20-25-12-10-13-25/h24-29,31H,10-23H2,1-9H3,(H2,41,49)(H,42,50)(H2,43,44,53)/t26?,27?,28-,29-,31?/m0/s1. The number of carbonyl (C=O) groups excluding carboxylic acids is 6. The van der Waals surface area contributed by atoms with Crippen LogP contribution in [0.4, 0.5) is 4.79 Å². The summed E-state index contributed by atoms with van der Waals surface area (Å²) in [6.45, 7) is 18.4. The molecular weight excluding hydrogens is 674 g/mol. The number of Topliss-reactive ketones (excluding diaryl/α,β-unsaturated/α-hetero) is 1. The van der Waals surface area contributed by atoms with Crippen LogP contribution in [0.1, 0.15) is 120 Å². The molecule has 2 heterocycles. The Hall–Kier alpha value is -3.22. The number of carbonyl (C=O) groups is 6. The molecular formula is C40H67N7O6. The number of primary amides is 1. The predicted molar refractivity (Wildman–Crippen MR) is 202 cm³/mol. The van der Waals surface area contributed by atoms with E-state index in [4.69, 9.17) is 5.73 Å². The van der Waals surface area contributed by atoms with Gasteiger partial charge < -0.3 is 31.5 Å². The lowest BCUT2D eigenvalue weighted by molar-refractivity contribution is -0.143. The van der Waals surface area contributed by atoms with Crippen LogP contribution in [0.3, 0.4) is 0 Å². The molecule has 0 bridgehead atoms. The van der Waals surface area contributed by atoms with Gasteiger partial charge in [-0.15, -0.1) is 0 Å². The van der Waals surface area contributed by atoms with Crippen LogP contribution in [0.15, 0.2) is 0 Å². The van der Waals surface area contributed by atoms with E-state index >= 15 is 0 Å². The summed E-state index contributed by atoms with van der Waals surface area (Å²) in [5, 5.41) is 8.69. The lowest BCUT2D eigenvalue weighted by atomic mass is 9.51. The molecule has 2 aliphatic heterocycles. The molecule has 0 aromatic carbocycles. The first-order valence-electron chi connectivity index (χ1n) is 20.1. The summed E-state index contributed by atoms with van der Waals surface area (Å²) in [6.07, 6.45) is 8.97. The average molecular weight is 742 g/mol. The molecule has 0 aromatic heterocycles. The van der Waals surface area contributed by atoms with Gasteiger partial charge in [0.15, 0.2) is 0 Å². The molecule has 3 unspecified atom stereocenters. The van der Waals surface area contributed by atoms with E-state index in [9.17, 15) is 28.8 Å². The molecule has 5 N–H and O–H groups in total. The number of likely N-dealkylation sites (N-methyl/N-ethyl adjacent to an activating group) is 1. The Balaban J connectivity index is 1.36. The van der Waals surface area contributed by atoms with Gasteiger partial charge in [0.05, 0.1) is 6.04 Å². The summed E-state index contributed by atoms with van der Waals surface area (Å²) < 4.78 is 0. The fourth-order valence-corrected chi connectivity index (χ4v) is 9.20. The highest BCUT2D eigenvalue weighted by molar-refractivity contribution is 6.37. The fourth-order valence-electron chi connectivity index (χ4n) is 9.20. The molecule has 298 valence electrons. The molecule has 5 fully saturated rings. The topological polar surface area (TPSA) is 174 Å². The Morgan fingerprint density at radius 1 is 0.868 bits per heavy atom. The molecule has 1 spiro atoms. The Bertz CT molecular complexity index is 1440. The van der Waals surface area contributed by atoms with E-state index in [1.807, 2.05) is 39.5 Å². The van der Waals surface area contributed by atoms with Crippen LogP contribution in [0.2, 0.25) is 0 Å². The van der Waals surface area contributed by atoms with Gasteiger partial charge in [-0.3, -0.25) is 28.9 Å². The predicted octanol–water partition coefficient (Wildman–Crippen LogP) is 3.19. The van der Waals surface area contributed by atoms with Crippen molar-refractivity contribution in [3.63, 3.8) is 0 Å². The highest BCUT2D eigenvalue weighted by atomic mass is 16.2. The van der Waals surface area contributed by atoms with Crippen molar-refractivity contribution in [2.24, 2.45) is 39.7 Å². The number of piperazine rings is 1. The maximum atomic E-state index is 14.8. The van der Waals surface area contributed by atoms with Gasteiger partial charge in [-0.05, 0) is 79.6 Å². The van der Waals surface area contributed by atoms with Crippen molar-refractivity contribution in [3.05, 3.63) is 0 Å². The Morgan fingerprint density at radius 2 is 1.51 bits per heavy atom. The van der Waals surface area contributed by atoms with Crippen LogP contribution in [0.5, 0.6) is 0 Å². The number of nitrogens with zero attached hydrogens (tertiary/aromatic N) is 3. The first kappa shape index (κ1) is 41.0. The molecule has 0 radical (unpaired) electrons. The third kappa shape index (κ3) is 8.39. The number of likely N-dealkylation sites (tertiary alicyclic amines) is 1. The fraction of sp³-hybridized carbons (Fsp3) is 0.850. The van der Waals surface area contributed by atoms with Gasteiger partial charge in [-0.25, -0.2) is 4.79 Å². The maximum absolute atomic E-state index is 14.8. The molecule has 3 aliphatic carbocycles. The number of hydrogen-bond acceptors (Lipinski definition) is 7. The molecule has 13 heteroatoms. The van der Waals surface area contributed by atoms with Crippen LogP contribution in [-0.4, -0.2) is 113 Å². The monoisotopic (exact) mass is 742 g/mol. The van der Waals surface area contributed by atoms with Crippen LogP contribution in [0.25, 0.3) is 0 Å². The number of urea groups is 1. The number of hydrogen-bond donors (Lipinski definition) is 4. The molecule has 53 heavy (non-hydrogen) atoms. The van der Waals surface area contributed by atoms with Gasteiger partial charge in [0.25, 0.3) is 5.91 Å². The minimum Gasteiger partial charge on any atom is -0.363 e. The summed E-state index contributed by atoms with van der Waals surface area (Å²) >= 11 is 0. The van der Waals surface area contributed by atoms with Gasteiger partial charge in [-0.2, -0.15) is 0 Å². The van der Waals surface area contributed by atoms with E-state index in [1.165, 1.54) is 0 Å². The molecule has 3 saturated carbocycles. The highest BCUT2D eigenvalue weighted by Crippen LogP contribution is 2.59. The smallest absolute Gasteiger partial charge is 0.316 e. The van der Waals surface area contributed by atoms with Crippen molar-refractivity contribution in [3.8, 4) is 0 Å². The SMILES string of the molecule is CC(C)[C@H](NC(=O)NC(C(=O)N1CC(C(C)(C)C2(C)CCC2)C[C@H]1C(=O)NC(CC1CCC1)C(=O)C(N)=O)C(C)(C)C)C(=O)N1CCN(C)C2(CC2)C1. The van der Waals surface area contributed by atoms with Crippen molar-refractivity contribution >= 4 is 35.4 Å². The van der Waals surface area contributed by atoms with Crippen molar-refractivity contribution in [1.29, 1.82) is 0 Å². The van der Waals surface area contributed by atoms with Crippen molar-refractivity contribution in [2.45, 2.75) is 149 Å². The molecule has 13 nitrogen and oxygen atoms in total. The lowest BCUT2D eigenvalue weighted by Gasteiger charge is -2.54. The molecule has 0 aromatic rings. The largest absolute Gasteiger partial charge is 0.363 e. The van der Waals surface area contributed by atoms with E-state index in [2.05, 4.69) is 48.7 Å². The highest BCUT2D eigenvalue weighted by Gasteiger charge is 2.56. The van der Waals surface area contributed by atoms with Crippen LogP contribution >= 0.6 is 0 Å².